The Hall–Kier alpha value is -2.33. The molecule has 0 aromatic heterocycles. The summed E-state index contributed by atoms with van der Waals surface area (Å²) in [5.41, 5.74) is 7.86. The number of anilines is 1. The van der Waals surface area contributed by atoms with Crippen LogP contribution in [-0.2, 0) is 11.3 Å². The number of carbonyl (C=O) groups excluding carboxylic acids is 1. The number of nitrogens with two attached hydrogens (primary N) is 1. The molecule has 3 N–H and O–H groups in total. The largest absolute Gasteiger partial charge is 0.399 e. The molecule has 0 aliphatic carbocycles. The molecule has 2 aromatic carbocycles. The van der Waals surface area contributed by atoms with Crippen LogP contribution >= 0.6 is 11.6 Å². The first kappa shape index (κ1) is 15.1. The predicted molar refractivity (Wildman–Crippen MR) is 83.1 cm³/mol. The van der Waals surface area contributed by atoms with E-state index in [1.807, 2.05) is 12.1 Å². The quantitative estimate of drug-likeness (QED) is 0.672. The average molecular weight is 305 g/mol. The van der Waals surface area contributed by atoms with Gasteiger partial charge in [-0.2, -0.15) is 0 Å². The lowest BCUT2D eigenvalue weighted by Gasteiger charge is -2.03. The number of nitrogen functional groups attached to an aromatic ring is 1. The summed E-state index contributed by atoms with van der Waals surface area (Å²) in [6.07, 6.45) is 3.09. The van der Waals surface area contributed by atoms with Crippen LogP contribution in [0.25, 0.3) is 6.08 Å². The maximum atomic E-state index is 13.0. The highest BCUT2D eigenvalue weighted by Gasteiger charge is 2.02. The van der Waals surface area contributed by atoms with Crippen molar-refractivity contribution in [3.05, 3.63) is 70.5 Å². The van der Waals surface area contributed by atoms with E-state index in [1.165, 1.54) is 18.2 Å². The number of amides is 1. The Balaban J connectivity index is 1.91. The van der Waals surface area contributed by atoms with Gasteiger partial charge in [0.15, 0.2) is 0 Å². The number of carbonyl (C=O) groups is 1. The number of halogens is 2. The van der Waals surface area contributed by atoms with Crippen LogP contribution in [0.5, 0.6) is 0 Å². The van der Waals surface area contributed by atoms with E-state index in [4.69, 9.17) is 17.3 Å². The van der Waals surface area contributed by atoms with Gasteiger partial charge < -0.3 is 11.1 Å². The average Bonchev–Trinajstić information content (AvgIpc) is 2.46. The fourth-order valence-corrected chi connectivity index (χ4v) is 1.94. The van der Waals surface area contributed by atoms with Crippen molar-refractivity contribution in [1.29, 1.82) is 0 Å². The molecule has 0 unspecified atom stereocenters. The highest BCUT2D eigenvalue weighted by Crippen LogP contribution is 2.15. The van der Waals surface area contributed by atoms with Gasteiger partial charge in [0.1, 0.15) is 5.82 Å². The van der Waals surface area contributed by atoms with Gasteiger partial charge in [0.2, 0.25) is 5.91 Å². The third kappa shape index (κ3) is 4.61. The molecule has 0 heterocycles. The first-order valence-electron chi connectivity index (χ1n) is 6.30. The fraction of sp³-hybridized carbons (Fsp3) is 0.0625. The van der Waals surface area contributed by atoms with E-state index in [2.05, 4.69) is 5.32 Å². The maximum Gasteiger partial charge on any atom is 0.244 e. The van der Waals surface area contributed by atoms with E-state index in [0.29, 0.717) is 5.69 Å². The third-order valence-electron chi connectivity index (χ3n) is 2.79. The van der Waals surface area contributed by atoms with Crippen molar-refractivity contribution < 1.29 is 9.18 Å². The molecule has 2 aromatic rings. The van der Waals surface area contributed by atoms with Crippen molar-refractivity contribution in [2.24, 2.45) is 0 Å². The summed E-state index contributed by atoms with van der Waals surface area (Å²) in [4.78, 5) is 11.7. The number of rotatable bonds is 4. The van der Waals surface area contributed by atoms with Gasteiger partial charge in [-0.15, -0.1) is 0 Å². The van der Waals surface area contributed by atoms with Crippen LogP contribution in [0.15, 0.2) is 48.5 Å². The van der Waals surface area contributed by atoms with Gasteiger partial charge in [-0.25, -0.2) is 4.39 Å². The molecule has 0 atom stereocenters. The Morgan fingerprint density at radius 2 is 2.10 bits per heavy atom. The van der Waals surface area contributed by atoms with Gasteiger partial charge in [0, 0.05) is 18.3 Å². The Morgan fingerprint density at radius 1 is 1.29 bits per heavy atom. The van der Waals surface area contributed by atoms with Crippen LogP contribution in [-0.4, -0.2) is 5.91 Å². The minimum atomic E-state index is -0.478. The summed E-state index contributed by atoms with van der Waals surface area (Å²) in [6, 6.07) is 11.5. The molecule has 5 heteroatoms. The molecule has 2 rings (SSSR count). The Bertz CT molecular complexity index is 686. The lowest BCUT2D eigenvalue weighted by Crippen LogP contribution is -2.20. The topological polar surface area (TPSA) is 55.1 Å². The minimum Gasteiger partial charge on any atom is -0.399 e. The number of nitrogens with one attached hydrogen (secondary N) is 1. The first-order chi connectivity index (χ1) is 10.0. The summed E-state index contributed by atoms with van der Waals surface area (Å²) in [7, 11) is 0. The molecule has 0 spiro atoms. The zero-order valence-corrected chi connectivity index (χ0v) is 11.9. The zero-order chi connectivity index (χ0) is 15.2. The first-order valence-corrected chi connectivity index (χ1v) is 6.68. The van der Waals surface area contributed by atoms with Crippen molar-refractivity contribution in [2.75, 3.05) is 5.73 Å². The molecule has 0 saturated heterocycles. The van der Waals surface area contributed by atoms with Crippen molar-refractivity contribution in [2.45, 2.75) is 6.54 Å². The lowest BCUT2D eigenvalue weighted by molar-refractivity contribution is -0.116. The highest BCUT2D eigenvalue weighted by atomic mass is 35.5. The van der Waals surface area contributed by atoms with Crippen LogP contribution < -0.4 is 11.1 Å². The normalized spacial score (nSPS) is 10.8. The van der Waals surface area contributed by atoms with Crippen LogP contribution in [0.4, 0.5) is 10.1 Å². The van der Waals surface area contributed by atoms with Crippen LogP contribution in [0.1, 0.15) is 11.1 Å². The van der Waals surface area contributed by atoms with E-state index in [0.717, 1.165) is 11.1 Å². The Labute approximate surface area is 127 Å². The predicted octanol–water partition coefficient (Wildman–Crippen LogP) is 3.39. The molecule has 1 amide bonds. The lowest BCUT2D eigenvalue weighted by atomic mass is 10.2. The molecular weight excluding hydrogens is 291 g/mol. The fourth-order valence-electron chi connectivity index (χ4n) is 1.73. The van der Waals surface area contributed by atoms with E-state index < -0.39 is 5.82 Å². The molecule has 0 fully saturated rings. The molecule has 0 aliphatic rings. The molecule has 0 aliphatic heterocycles. The SMILES string of the molecule is Nc1cccc(/C=C/C(=O)NCc2ccc(F)c(Cl)c2)c1. The second-order valence-electron chi connectivity index (χ2n) is 4.47. The number of benzene rings is 2. The standard InChI is InChI=1S/C16H14ClFN2O/c17-14-9-12(4-6-15(14)18)10-20-16(21)7-5-11-2-1-3-13(19)8-11/h1-9H,10,19H2,(H,20,21)/b7-5+. The van der Waals surface area contributed by atoms with E-state index in [1.54, 1.807) is 24.3 Å². The smallest absolute Gasteiger partial charge is 0.244 e. The Kier molecular flexibility index (Phi) is 4.95. The summed E-state index contributed by atoms with van der Waals surface area (Å²) in [6.45, 7) is 0.278. The molecular formula is C16H14ClFN2O. The second-order valence-corrected chi connectivity index (χ2v) is 4.88. The van der Waals surface area contributed by atoms with Gasteiger partial charge in [-0.1, -0.05) is 29.8 Å². The molecule has 0 bridgehead atoms. The van der Waals surface area contributed by atoms with Crippen molar-refractivity contribution in [3.8, 4) is 0 Å². The van der Waals surface area contributed by atoms with E-state index in [-0.39, 0.29) is 17.5 Å². The molecule has 0 radical (unpaired) electrons. The van der Waals surface area contributed by atoms with Crippen LogP contribution in [0.3, 0.4) is 0 Å². The Morgan fingerprint density at radius 3 is 2.81 bits per heavy atom. The van der Waals surface area contributed by atoms with Gasteiger partial charge >= 0.3 is 0 Å². The highest BCUT2D eigenvalue weighted by molar-refractivity contribution is 6.30. The monoisotopic (exact) mass is 304 g/mol. The molecule has 3 nitrogen and oxygen atoms in total. The number of hydrogen-bond donors (Lipinski definition) is 2. The van der Waals surface area contributed by atoms with Crippen LogP contribution in [0.2, 0.25) is 5.02 Å². The van der Waals surface area contributed by atoms with E-state index in [9.17, 15) is 9.18 Å². The van der Waals surface area contributed by atoms with Gasteiger partial charge in [-0.05, 0) is 41.5 Å². The van der Waals surface area contributed by atoms with Crippen molar-refractivity contribution in [3.63, 3.8) is 0 Å². The summed E-state index contributed by atoms with van der Waals surface area (Å²) >= 11 is 5.67. The van der Waals surface area contributed by atoms with Gasteiger partial charge in [-0.3, -0.25) is 4.79 Å². The molecule has 0 saturated carbocycles. The summed E-state index contributed by atoms with van der Waals surface area (Å²) < 4.78 is 13.0. The molecule has 21 heavy (non-hydrogen) atoms. The molecule has 108 valence electrons. The summed E-state index contributed by atoms with van der Waals surface area (Å²) in [5, 5.41) is 2.73. The number of hydrogen-bond acceptors (Lipinski definition) is 2. The van der Waals surface area contributed by atoms with Gasteiger partial charge in [0.25, 0.3) is 0 Å². The maximum absolute atomic E-state index is 13.0. The minimum absolute atomic E-state index is 0.0389. The van der Waals surface area contributed by atoms with Gasteiger partial charge in [0.05, 0.1) is 5.02 Å². The second kappa shape index (κ2) is 6.90. The zero-order valence-electron chi connectivity index (χ0n) is 11.1. The van der Waals surface area contributed by atoms with Crippen molar-refractivity contribution >= 4 is 29.3 Å². The van der Waals surface area contributed by atoms with Crippen LogP contribution in [0, 0.1) is 5.82 Å². The third-order valence-corrected chi connectivity index (χ3v) is 3.08. The van der Waals surface area contributed by atoms with E-state index >= 15 is 0 Å². The van der Waals surface area contributed by atoms with Crippen molar-refractivity contribution in [1.82, 2.24) is 5.32 Å². The summed E-state index contributed by atoms with van der Waals surface area (Å²) in [5.74, 6) is -0.730.